The minimum absolute atomic E-state index is 0.0412. The number of nitrogens with zero attached hydrogens (tertiary/aromatic N) is 1. The maximum Gasteiger partial charge on any atom is 0.278 e. The Labute approximate surface area is 186 Å². The molecule has 1 N–H and O–H groups in total. The summed E-state index contributed by atoms with van der Waals surface area (Å²) in [4.78, 5) is 27.9. The molecule has 0 bridgehead atoms. The molecule has 0 saturated carbocycles. The van der Waals surface area contributed by atoms with Gasteiger partial charge in [-0.1, -0.05) is 12.1 Å². The van der Waals surface area contributed by atoms with Crippen molar-refractivity contribution in [3.8, 4) is 11.5 Å². The van der Waals surface area contributed by atoms with Crippen molar-refractivity contribution in [2.45, 2.75) is 20.4 Å². The smallest absolute Gasteiger partial charge is 0.278 e. The molecular formula is C25H24N2O5. The van der Waals surface area contributed by atoms with Crippen LogP contribution >= 0.6 is 0 Å². The molecule has 1 aromatic heterocycles. The van der Waals surface area contributed by atoms with Crippen molar-refractivity contribution < 1.29 is 23.5 Å². The van der Waals surface area contributed by atoms with Gasteiger partial charge in [-0.2, -0.15) is 0 Å². The number of ether oxygens (including phenoxy) is 2. The van der Waals surface area contributed by atoms with Crippen LogP contribution in [0.15, 0.2) is 64.9 Å². The van der Waals surface area contributed by atoms with E-state index in [1.54, 1.807) is 37.4 Å². The fourth-order valence-corrected chi connectivity index (χ4v) is 3.62. The number of carbonyl (C=O) groups is 2. The molecule has 2 heterocycles. The molecule has 164 valence electrons. The number of methoxy groups -OCH3 is 2. The minimum Gasteiger partial charge on any atom is -0.493 e. The van der Waals surface area contributed by atoms with E-state index in [0.29, 0.717) is 22.8 Å². The first-order valence-corrected chi connectivity index (χ1v) is 10.1. The zero-order valence-corrected chi connectivity index (χ0v) is 18.4. The summed E-state index contributed by atoms with van der Waals surface area (Å²) in [5, 5.41) is 3.18. The van der Waals surface area contributed by atoms with Crippen LogP contribution in [-0.2, 0) is 16.1 Å². The molecule has 4 rings (SSSR count). The van der Waals surface area contributed by atoms with Gasteiger partial charge in [0.05, 0.1) is 32.6 Å². The van der Waals surface area contributed by atoms with Crippen LogP contribution in [-0.4, -0.2) is 30.9 Å². The quantitative estimate of drug-likeness (QED) is 0.561. The van der Waals surface area contributed by atoms with Gasteiger partial charge in [-0.15, -0.1) is 0 Å². The van der Waals surface area contributed by atoms with Crippen LogP contribution in [0.4, 0.5) is 5.69 Å². The van der Waals surface area contributed by atoms with E-state index >= 15 is 0 Å². The number of carbonyl (C=O) groups excluding carboxylic acids is 2. The summed E-state index contributed by atoms with van der Waals surface area (Å²) < 4.78 is 16.1. The van der Waals surface area contributed by atoms with Crippen LogP contribution < -0.4 is 14.8 Å². The maximum atomic E-state index is 13.4. The Balaban J connectivity index is 1.79. The number of benzene rings is 2. The first-order chi connectivity index (χ1) is 15.4. The van der Waals surface area contributed by atoms with Crippen molar-refractivity contribution >= 4 is 23.1 Å². The Morgan fingerprint density at radius 3 is 2.34 bits per heavy atom. The third-order valence-corrected chi connectivity index (χ3v) is 5.51. The third-order valence-electron chi connectivity index (χ3n) is 5.51. The number of furan rings is 1. The first-order valence-electron chi connectivity index (χ1n) is 10.1. The van der Waals surface area contributed by atoms with Crippen LogP contribution in [0.25, 0.3) is 5.57 Å². The van der Waals surface area contributed by atoms with Crippen LogP contribution in [0.3, 0.4) is 0 Å². The Bertz CT molecular complexity index is 1210. The molecule has 0 fully saturated rings. The van der Waals surface area contributed by atoms with Gasteiger partial charge in [0.25, 0.3) is 11.8 Å². The van der Waals surface area contributed by atoms with Gasteiger partial charge < -0.3 is 19.2 Å². The lowest BCUT2D eigenvalue weighted by Crippen LogP contribution is -2.31. The Morgan fingerprint density at radius 2 is 1.69 bits per heavy atom. The van der Waals surface area contributed by atoms with Crippen LogP contribution in [0.1, 0.15) is 22.5 Å². The van der Waals surface area contributed by atoms with Crippen molar-refractivity contribution in [2.75, 3.05) is 19.5 Å². The summed E-state index contributed by atoms with van der Waals surface area (Å²) in [6.45, 7) is 4.05. The lowest BCUT2D eigenvalue weighted by atomic mass is 10.0. The number of amides is 2. The van der Waals surface area contributed by atoms with E-state index in [9.17, 15) is 9.59 Å². The predicted molar refractivity (Wildman–Crippen MR) is 120 cm³/mol. The number of anilines is 1. The molecule has 1 aliphatic rings. The summed E-state index contributed by atoms with van der Waals surface area (Å²) in [5.74, 6) is 0.683. The summed E-state index contributed by atoms with van der Waals surface area (Å²) in [7, 11) is 3.06. The second-order valence-corrected chi connectivity index (χ2v) is 7.52. The SMILES string of the molecule is COc1ccc(C2=C(Nc3ccc(C)c(C)c3)C(=O)N(Cc3ccco3)C2=O)cc1OC. The number of hydrogen-bond acceptors (Lipinski definition) is 6. The van der Waals surface area contributed by atoms with Gasteiger partial charge in [0.1, 0.15) is 11.5 Å². The van der Waals surface area contributed by atoms with Crippen LogP contribution in [0, 0.1) is 13.8 Å². The lowest BCUT2D eigenvalue weighted by molar-refractivity contribution is -0.137. The molecule has 7 heteroatoms. The molecule has 3 aromatic rings. The van der Waals surface area contributed by atoms with Crippen molar-refractivity contribution in [2.24, 2.45) is 0 Å². The summed E-state index contributed by atoms with van der Waals surface area (Å²) >= 11 is 0. The van der Waals surface area contributed by atoms with E-state index in [1.165, 1.54) is 18.3 Å². The highest BCUT2D eigenvalue weighted by Gasteiger charge is 2.40. The molecule has 1 aliphatic heterocycles. The largest absolute Gasteiger partial charge is 0.493 e. The molecule has 2 aromatic carbocycles. The number of aryl methyl sites for hydroxylation is 2. The second kappa shape index (κ2) is 8.63. The van der Waals surface area contributed by atoms with E-state index < -0.39 is 11.8 Å². The monoisotopic (exact) mass is 432 g/mol. The maximum absolute atomic E-state index is 13.4. The highest BCUT2D eigenvalue weighted by Crippen LogP contribution is 2.36. The van der Waals surface area contributed by atoms with Crippen molar-refractivity contribution in [3.63, 3.8) is 0 Å². The van der Waals surface area contributed by atoms with E-state index in [-0.39, 0.29) is 17.8 Å². The Hall–Kier alpha value is -4.00. The Morgan fingerprint density at radius 1 is 0.906 bits per heavy atom. The van der Waals surface area contributed by atoms with E-state index in [1.807, 2.05) is 32.0 Å². The third kappa shape index (κ3) is 3.85. The zero-order chi connectivity index (χ0) is 22.8. The predicted octanol–water partition coefficient (Wildman–Crippen LogP) is 4.31. The molecule has 0 unspecified atom stereocenters. The highest BCUT2D eigenvalue weighted by atomic mass is 16.5. The van der Waals surface area contributed by atoms with Gasteiger partial charge in [-0.3, -0.25) is 14.5 Å². The topological polar surface area (TPSA) is 81.0 Å². The molecule has 0 radical (unpaired) electrons. The van der Waals surface area contributed by atoms with Gasteiger partial charge in [0, 0.05) is 5.69 Å². The number of nitrogens with one attached hydrogen (secondary N) is 1. The second-order valence-electron chi connectivity index (χ2n) is 7.52. The van der Waals surface area contributed by atoms with Crippen molar-refractivity contribution in [1.82, 2.24) is 4.90 Å². The minimum atomic E-state index is -0.422. The molecule has 0 aliphatic carbocycles. The molecule has 32 heavy (non-hydrogen) atoms. The molecular weight excluding hydrogens is 408 g/mol. The number of hydrogen-bond donors (Lipinski definition) is 1. The Kier molecular flexibility index (Phi) is 5.73. The zero-order valence-electron chi connectivity index (χ0n) is 18.4. The number of imide groups is 1. The van der Waals surface area contributed by atoms with Gasteiger partial charge >= 0.3 is 0 Å². The van der Waals surface area contributed by atoms with Crippen molar-refractivity contribution in [3.05, 3.63) is 82.9 Å². The first kappa shape index (κ1) is 21.2. The fourth-order valence-electron chi connectivity index (χ4n) is 3.62. The van der Waals surface area contributed by atoms with Crippen molar-refractivity contribution in [1.29, 1.82) is 0 Å². The van der Waals surface area contributed by atoms with E-state index in [4.69, 9.17) is 13.9 Å². The summed E-state index contributed by atoms with van der Waals surface area (Å²) in [6, 6.07) is 14.4. The lowest BCUT2D eigenvalue weighted by Gasteiger charge is -2.14. The summed E-state index contributed by atoms with van der Waals surface area (Å²) in [5.41, 5.74) is 3.96. The summed E-state index contributed by atoms with van der Waals surface area (Å²) in [6.07, 6.45) is 1.51. The van der Waals surface area contributed by atoms with Gasteiger partial charge in [0.15, 0.2) is 11.5 Å². The van der Waals surface area contributed by atoms with Crippen LogP contribution in [0.2, 0.25) is 0 Å². The standard InChI is InChI=1S/C25H24N2O5/c1-15-7-9-18(12-16(15)2)26-23-22(17-8-10-20(30-3)21(13-17)31-4)24(28)27(25(23)29)14-19-6-5-11-32-19/h5-13,26H,14H2,1-4H3. The fraction of sp³-hybridized carbons (Fsp3) is 0.200. The average molecular weight is 432 g/mol. The molecule has 2 amide bonds. The van der Waals surface area contributed by atoms with Gasteiger partial charge in [-0.25, -0.2) is 0 Å². The van der Waals surface area contributed by atoms with Gasteiger partial charge in [0.2, 0.25) is 0 Å². The molecule has 0 spiro atoms. The molecule has 7 nitrogen and oxygen atoms in total. The average Bonchev–Trinajstić information content (AvgIpc) is 3.39. The van der Waals surface area contributed by atoms with Gasteiger partial charge in [-0.05, 0) is 66.9 Å². The van der Waals surface area contributed by atoms with E-state index in [0.717, 1.165) is 16.8 Å². The van der Waals surface area contributed by atoms with Crippen LogP contribution in [0.5, 0.6) is 11.5 Å². The molecule has 0 atom stereocenters. The van der Waals surface area contributed by atoms with E-state index in [2.05, 4.69) is 5.32 Å². The highest BCUT2D eigenvalue weighted by molar-refractivity contribution is 6.36. The normalized spacial score (nSPS) is 13.7. The molecule has 0 saturated heterocycles. The number of rotatable bonds is 7.